The zero-order valence-corrected chi connectivity index (χ0v) is 12.7. The Bertz CT molecular complexity index is 960. The van der Waals surface area contributed by atoms with Crippen LogP contribution in [0.2, 0.25) is 0 Å². The van der Waals surface area contributed by atoms with Crippen LogP contribution >= 0.6 is 0 Å². The number of hydrogen-bond acceptors (Lipinski definition) is 6. The standard InChI is InChI=1S/C17H11N3O5/c21-16(9-6-12-4-7-14(8-5-12)20(23)24)13-2-1-3-15(10-13)19-11-17(22)25-18-19/h1-11H/b9-6+. The lowest BCUT2D eigenvalue weighted by Crippen LogP contribution is -2.31. The van der Waals surface area contributed by atoms with Crippen molar-refractivity contribution in [3.05, 3.63) is 82.0 Å². The van der Waals surface area contributed by atoms with Gasteiger partial charge in [-0.3, -0.25) is 14.9 Å². The third kappa shape index (κ3) is 3.75. The summed E-state index contributed by atoms with van der Waals surface area (Å²) in [6, 6.07) is 12.4. The molecule has 0 spiro atoms. The molecule has 25 heavy (non-hydrogen) atoms. The summed E-state index contributed by atoms with van der Waals surface area (Å²) >= 11 is 0. The van der Waals surface area contributed by atoms with Crippen molar-refractivity contribution in [2.75, 3.05) is 0 Å². The number of nitrogens with zero attached hydrogens (tertiary/aromatic N) is 3. The molecule has 1 heterocycles. The summed E-state index contributed by atoms with van der Waals surface area (Å²) in [5.41, 5.74) is 1.56. The van der Waals surface area contributed by atoms with Gasteiger partial charge in [0.25, 0.3) is 5.69 Å². The molecule has 0 aliphatic heterocycles. The van der Waals surface area contributed by atoms with Crippen LogP contribution in [0.1, 0.15) is 15.9 Å². The summed E-state index contributed by atoms with van der Waals surface area (Å²) in [6.45, 7) is 0. The molecule has 3 aromatic rings. The number of aromatic nitrogens is 2. The van der Waals surface area contributed by atoms with Crippen molar-refractivity contribution in [3.63, 3.8) is 0 Å². The van der Waals surface area contributed by atoms with E-state index in [0.717, 1.165) is 6.20 Å². The number of benzene rings is 2. The lowest BCUT2D eigenvalue weighted by Gasteiger charge is -1.97. The Morgan fingerprint density at radius 1 is 1.20 bits per heavy atom. The molecule has 0 bridgehead atoms. The first-order chi connectivity index (χ1) is 12.0. The van der Waals surface area contributed by atoms with Gasteiger partial charge in [0.15, 0.2) is 5.78 Å². The van der Waals surface area contributed by atoms with Crippen LogP contribution in [0.15, 0.2) is 65.3 Å². The van der Waals surface area contributed by atoms with E-state index >= 15 is 0 Å². The van der Waals surface area contributed by atoms with E-state index in [1.165, 1.54) is 22.9 Å². The molecule has 124 valence electrons. The van der Waals surface area contributed by atoms with Crippen LogP contribution in [0.4, 0.5) is 5.69 Å². The van der Waals surface area contributed by atoms with Crippen LogP contribution < -0.4 is 9.79 Å². The fraction of sp³-hybridized carbons (Fsp3) is 0. The van der Waals surface area contributed by atoms with Crippen molar-refractivity contribution in [3.8, 4) is 11.6 Å². The molecule has 0 saturated carbocycles. The Balaban J connectivity index is 1.78. The average molecular weight is 337 g/mol. The van der Waals surface area contributed by atoms with E-state index in [1.807, 2.05) is 0 Å². The summed E-state index contributed by atoms with van der Waals surface area (Å²) in [5, 5.41) is 25.2. The first kappa shape index (κ1) is 16.1. The van der Waals surface area contributed by atoms with Gasteiger partial charge >= 0.3 is 0 Å². The van der Waals surface area contributed by atoms with Crippen LogP contribution in [-0.4, -0.2) is 16.0 Å². The normalized spacial score (nSPS) is 10.9. The molecular formula is C17H11N3O5. The van der Waals surface area contributed by atoms with E-state index in [4.69, 9.17) is 0 Å². The smallest absolute Gasteiger partial charge is 0.269 e. The molecule has 0 aliphatic carbocycles. The molecule has 2 aromatic carbocycles. The van der Waals surface area contributed by atoms with Crippen molar-refractivity contribution >= 4 is 17.5 Å². The van der Waals surface area contributed by atoms with Crippen LogP contribution in [0.5, 0.6) is 5.95 Å². The minimum absolute atomic E-state index is 0.0152. The number of nitro benzene ring substituents is 1. The highest BCUT2D eigenvalue weighted by Crippen LogP contribution is 2.14. The minimum atomic E-state index is -0.588. The van der Waals surface area contributed by atoms with E-state index in [2.05, 4.69) is 9.79 Å². The molecule has 0 saturated heterocycles. The van der Waals surface area contributed by atoms with E-state index < -0.39 is 10.9 Å². The molecule has 0 radical (unpaired) electrons. The number of rotatable bonds is 5. The van der Waals surface area contributed by atoms with Gasteiger partial charge in [0.1, 0.15) is 5.95 Å². The Morgan fingerprint density at radius 2 is 1.96 bits per heavy atom. The van der Waals surface area contributed by atoms with E-state index in [-0.39, 0.29) is 11.5 Å². The molecule has 0 unspecified atom stereocenters. The topological polar surface area (TPSA) is 113 Å². The van der Waals surface area contributed by atoms with Crippen molar-refractivity contribution in [2.45, 2.75) is 0 Å². The molecule has 0 atom stereocenters. The van der Waals surface area contributed by atoms with Crippen molar-refractivity contribution < 1.29 is 24.0 Å². The predicted octanol–water partition coefficient (Wildman–Crippen LogP) is 1.83. The molecular weight excluding hydrogens is 326 g/mol. The summed E-state index contributed by atoms with van der Waals surface area (Å²) in [7, 11) is 0. The number of ketones is 1. The predicted molar refractivity (Wildman–Crippen MR) is 83.9 cm³/mol. The molecule has 8 nitrogen and oxygen atoms in total. The van der Waals surface area contributed by atoms with Gasteiger partial charge < -0.3 is 9.63 Å². The molecule has 0 N–H and O–H groups in total. The monoisotopic (exact) mass is 337 g/mol. The number of allylic oxidation sites excluding steroid dienone is 1. The van der Waals surface area contributed by atoms with Crippen LogP contribution in [0.25, 0.3) is 11.8 Å². The molecule has 1 aromatic heterocycles. The van der Waals surface area contributed by atoms with Gasteiger partial charge in [-0.15, -0.1) is 0 Å². The quantitative estimate of drug-likeness (QED) is 0.231. The fourth-order valence-electron chi connectivity index (χ4n) is 2.13. The zero-order valence-electron chi connectivity index (χ0n) is 12.7. The minimum Gasteiger partial charge on any atom is -0.539 e. The van der Waals surface area contributed by atoms with E-state index in [9.17, 15) is 20.0 Å². The highest BCUT2D eigenvalue weighted by atomic mass is 16.6. The fourth-order valence-corrected chi connectivity index (χ4v) is 2.13. The first-order valence-corrected chi connectivity index (χ1v) is 7.16. The number of non-ortho nitro benzene ring substituents is 1. The third-order valence-corrected chi connectivity index (χ3v) is 3.37. The van der Waals surface area contributed by atoms with Crippen molar-refractivity contribution in [2.24, 2.45) is 0 Å². The molecule has 8 heteroatoms. The molecule has 0 fully saturated rings. The van der Waals surface area contributed by atoms with E-state index in [0.29, 0.717) is 16.8 Å². The number of carbonyl (C=O) groups is 1. The summed E-state index contributed by atoms with van der Waals surface area (Å²) < 4.78 is 5.70. The second kappa shape index (κ2) is 6.75. The van der Waals surface area contributed by atoms with Crippen LogP contribution in [-0.2, 0) is 0 Å². The van der Waals surface area contributed by atoms with Gasteiger partial charge in [-0.2, -0.15) is 0 Å². The Hall–Kier alpha value is -3.81. The lowest BCUT2D eigenvalue weighted by molar-refractivity contribution is -0.670. The van der Waals surface area contributed by atoms with Crippen molar-refractivity contribution in [1.82, 2.24) is 5.27 Å². The van der Waals surface area contributed by atoms with Gasteiger partial charge in [-0.05, 0) is 28.5 Å². The molecule has 0 amide bonds. The van der Waals surface area contributed by atoms with E-state index in [1.54, 1.807) is 42.5 Å². The molecule has 0 aliphatic rings. The Morgan fingerprint density at radius 3 is 2.60 bits per heavy atom. The zero-order chi connectivity index (χ0) is 17.8. The number of carbonyl (C=O) groups excluding carboxylic acids is 1. The van der Waals surface area contributed by atoms with Crippen LogP contribution in [0.3, 0.4) is 0 Å². The maximum absolute atomic E-state index is 12.3. The van der Waals surface area contributed by atoms with Gasteiger partial charge in [-0.25, -0.2) is 0 Å². The highest BCUT2D eigenvalue weighted by molar-refractivity contribution is 6.07. The summed E-state index contributed by atoms with van der Waals surface area (Å²) in [5.74, 6) is -0.846. The van der Waals surface area contributed by atoms with Crippen molar-refractivity contribution in [1.29, 1.82) is 0 Å². The number of hydrogen-bond donors (Lipinski definition) is 0. The Kier molecular flexibility index (Phi) is 4.34. The lowest BCUT2D eigenvalue weighted by atomic mass is 10.1. The Labute approximate surface area is 141 Å². The highest BCUT2D eigenvalue weighted by Gasteiger charge is 2.12. The SMILES string of the molecule is O=C(/C=C/c1ccc([N+](=O)[O-])cc1)c1cccc(-[n+]2cc([O-])on2)c1. The van der Waals surface area contributed by atoms with Gasteiger partial charge in [0.05, 0.1) is 10.2 Å². The summed E-state index contributed by atoms with van der Waals surface area (Å²) in [6.07, 6.45) is 4.10. The second-order valence-corrected chi connectivity index (χ2v) is 5.06. The summed E-state index contributed by atoms with van der Waals surface area (Å²) in [4.78, 5) is 22.4. The van der Waals surface area contributed by atoms with Gasteiger partial charge in [0.2, 0.25) is 11.9 Å². The maximum atomic E-state index is 12.3. The van der Waals surface area contributed by atoms with Gasteiger partial charge in [0, 0.05) is 29.8 Å². The van der Waals surface area contributed by atoms with Gasteiger partial charge in [-0.1, -0.05) is 18.2 Å². The number of nitro groups is 1. The maximum Gasteiger partial charge on any atom is 0.269 e. The molecule has 3 rings (SSSR count). The van der Waals surface area contributed by atoms with Crippen LogP contribution in [0, 0.1) is 10.1 Å². The third-order valence-electron chi connectivity index (χ3n) is 3.37. The first-order valence-electron chi connectivity index (χ1n) is 7.16. The average Bonchev–Trinajstić information content (AvgIpc) is 3.06. The largest absolute Gasteiger partial charge is 0.539 e. The second-order valence-electron chi connectivity index (χ2n) is 5.06.